The number of likely N-dealkylation sites (N-methyl/N-ethyl adjacent to an activating group) is 1. The van der Waals surface area contributed by atoms with Crippen LogP contribution in [0.5, 0.6) is 17.6 Å². The van der Waals surface area contributed by atoms with Gasteiger partial charge in [-0.15, -0.1) is 0 Å². The Kier molecular flexibility index (Phi) is 7.45. The molecule has 4 aromatic rings. The molecule has 2 fully saturated rings. The second-order valence-electron chi connectivity index (χ2n) is 9.94. The lowest BCUT2D eigenvalue weighted by atomic mass is 10.2. The van der Waals surface area contributed by atoms with E-state index < -0.39 is 5.82 Å². The highest BCUT2D eigenvalue weighted by Crippen LogP contribution is 2.41. The van der Waals surface area contributed by atoms with Crippen molar-refractivity contribution in [2.45, 2.75) is 18.9 Å². The molecule has 2 saturated heterocycles. The second-order valence-corrected chi connectivity index (χ2v) is 10.7. The van der Waals surface area contributed by atoms with Gasteiger partial charge in [0.15, 0.2) is 5.75 Å². The van der Waals surface area contributed by atoms with Gasteiger partial charge in [-0.25, -0.2) is 4.39 Å². The van der Waals surface area contributed by atoms with E-state index >= 15 is 0 Å². The highest BCUT2D eigenvalue weighted by atomic mass is 35.5. The number of fused-ring (bicyclic) bond motifs is 2. The number of nitrogens with one attached hydrogen (secondary N) is 1. The quantitative estimate of drug-likeness (QED) is 0.243. The molecular formula is C27H25Cl2FN8O4. The summed E-state index contributed by atoms with van der Waals surface area (Å²) in [4.78, 5) is 43.2. The third-order valence-corrected chi connectivity index (χ3v) is 8.02. The summed E-state index contributed by atoms with van der Waals surface area (Å²) in [6.07, 6.45) is 3.84. The molecule has 0 saturated carbocycles. The fourth-order valence-electron chi connectivity index (χ4n) is 5.11. The molecule has 1 atom stereocenters. The molecule has 1 N–H and O–H groups in total. The van der Waals surface area contributed by atoms with Gasteiger partial charge >= 0.3 is 6.01 Å². The first-order valence-electron chi connectivity index (χ1n) is 13.2. The monoisotopic (exact) mass is 614 g/mol. The molecule has 5 heterocycles. The summed E-state index contributed by atoms with van der Waals surface area (Å²) < 4.78 is 26.8. The van der Waals surface area contributed by atoms with Crippen molar-refractivity contribution < 1.29 is 23.5 Å². The largest absolute Gasteiger partial charge is 0.461 e. The molecule has 1 aromatic carbocycles. The molecule has 0 bridgehead atoms. The number of hydrogen-bond donors (Lipinski definition) is 1. The van der Waals surface area contributed by atoms with E-state index in [1.165, 1.54) is 18.3 Å². The Balaban J connectivity index is 1.43. The van der Waals surface area contributed by atoms with Gasteiger partial charge in [-0.05, 0) is 18.6 Å². The number of halogens is 3. The Morgan fingerprint density at radius 1 is 1.19 bits per heavy atom. The van der Waals surface area contributed by atoms with Gasteiger partial charge in [0.2, 0.25) is 17.7 Å². The minimum absolute atomic E-state index is 0.0123. The van der Waals surface area contributed by atoms with Gasteiger partial charge in [-0.3, -0.25) is 14.7 Å². The van der Waals surface area contributed by atoms with Crippen molar-refractivity contribution in [1.29, 1.82) is 0 Å². The molecular weight excluding hydrogens is 590 g/mol. The third-order valence-electron chi connectivity index (χ3n) is 7.47. The van der Waals surface area contributed by atoms with Crippen molar-refractivity contribution in [1.82, 2.24) is 34.9 Å². The summed E-state index contributed by atoms with van der Waals surface area (Å²) in [6.45, 7) is 5.57. The Morgan fingerprint density at radius 3 is 2.69 bits per heavy atom. The lowest BCUT2D eigenvalue weighted by Gasteiger charge is -2.35. The van der Waals surface area contributed by atoms with E-state index in [0.717, 1.165) is 0 Å². The van der Waals surface area contributed by atoms with Crippen LogP contribution >= 0.6 is 23.2 Å². The van der Waals surface area contributed by atoms with Crippen LogP contribution in [0.2, 0.25) is 10.2 Å². The van der Waals surface area contributed by atoms with Crippen LogP contribution in [0.25, 0.3) is 21.8 Å². The second kappa shape index (κ2) is 11.2. The van der Waals surface area contributed by atoms with Crippen LogP contribution in [0, 0.1) is 5.82 Å². The molecule has 0 spiro atoms. The fourth-order valence-corrected chi connectivity index (χ4v) is 5.49. The Morgan fingerprint density at radius 2 is 1.98 bits per heavy atom. The number of amides is 2. The Bertz CT molecular complexity index is 1730. The van der Waals surface area contributed by atoms with Crippen molar-refractivity contribution in [3.8, 4) is 17.6 Å². The SMILES string of the molecule is C=CC(=O)N1CCN(c2nc(OCC3CCC(=O)N3C)nc3c(Oc4c(Cl)c(F)cc5[nH]ncc45)nc(Cl)cc23)CC1. The number of piperazine rings is 1. The molecule has 1 unspecified atom stereocenters. The summed E-state index contributed by atoms with van der Waals surface area (Å²) in [5, 5.41) is 7.42. The number of rotatable bonds is 7. The molecule has 15 heteroatoms. The maximum atomic E-state index is 14.7. The van der Waals surface area contributed by atoms with E-state index in [0.29, 0.717) is 61.1 Å². The minimum atomic E-state index is -0.712. The van der Waals surface area contributed by atoms with Crippen LogP contribution in [0.3, 0.4) is 0 Å². The van der Waals surface area contributed by atoms with Crippen LogP contribution in [0.4, 0.5) is 10.2 Å². The molecule has 218 valence electrons. The molecule has 42 heavy (non-hydrogen) atoms. The van der Waals surface area contributed by atoms with E-state index in [1.54, 1.807) is 22.9 Å². The smallest absolute Gasteiger partial charge is 0.319 e. The van der Waals surface area contributed by atoms with Crippen molar-refractivity contribution in [2.75, 3.05) is 44.7 Å². The van der Waals surface area contributed by atoms with Crippen LogP contribution in [-0.4, -0.2) is 92.6 Å². The number of ether oxygens (including phenoxy) is 2. The van der Waals surface area contributed by atoms with E-state index in [4.69, 9.17) is 37.7 Å². The molecule has 3 aromatic heterocycles. The predicted octanol–water partition coefficient (Wildman–Crippen LogP) is 3.97. The maximum absolute atomic E-state index is 14.7. The molecule has 2 amide bonds. The number of H-pyrrole nitrogens is 1. The first kappa shape index (κ1) is 27.9. The highest BCUT2D eigenvalue weighted by Gasteiger charge is 2.30. The number of carbonyl (C=O) groups is 2. The van der Waals surface area contributed by atoms with Crippen molar-refractivity contribution in [3.63, 3.8) is 0 Å². The van der Waals surface area contributed by atoms with E-state index in [-0.39, 0.29) is 57.8 Å². The Hall–Kier alpha value is -4.23. The van der Waals surface area contributed by atoms with E-state index in [1.807, 2.05) is 4.90 Å². The van der Waals surface area contributed by atoms with Gasteiger partial charge in [-0.1, -0.05) is 29.8 Å². The number of nitrogens with zero attached hydrogens (tertiary/aromatic N) is 7. The number of carbonyl (C=O) groups excluding carboxylic acids is 2. The summed E-state index contributed by atoms with van der Waals surface area (Å²) in [7, 11) is 1.73. The number of pyridine rings is 1. The fraction of sp³-hybridized carbons (Fsp3) is 0.333. The standard InChI is InChI=1S/C27H25Cl2FN8O4/c1-3-20(39)37-6-8-38(9-7-37)25-15-10-19(28)32-26(42-24-16-12-31-35-18(16)11-17(30)22(24)29)23(15)33-27(34-25)41-13-14-4-5-21(40)36(14)2/h3,10-12,14H,1,4-9,13H2,2H3,(H,31,35). The van der Waals surface area contributed by atoms with Gasteiger partial charge in [0.1, 0.15) is 33.9 Å². The van der Waals surface area contributed by atoms with Crippen LogP contribution in [0.1, 0.15) is 12.8 Å². The van der Waals surface area contributed by atoms with Crippen LogP contribution < -0.4 is 14.4 Å². The molecule has 12 nitrogen and oxygen atoms in total. The van der Waals surface area contributed by atoms with E-state index in [9.17, 15) is 14.0 Å². The topological polar surface area (TPSA) is 130 Å². The van der Waals surface area contributed by atoms with Crippen LogP contribution in [0.15, 0.2) is 31.0 Å². The van der Waals surface area contributed by atoms with Crippen molar-refractivity contribution in [2.24, 2.45) is 0 Å². The number of anilines is 1. The zero-order valence-electron chi connectivity index (χ0n) is 22.4. The lowest BCUT2D eigenvalue weighted by molar-refractivity contribution is -0.128. The normalized spacial score (nSPS) is 17.4. The van der Waals surface area contributed by atoms with Crippen LogP contribution in [-0.2, 0) is 9.59 Å². The highest BCUT2D eigenvalue weighted by molar-refractivity contribution is 6.33. The first-order valence-corrected chi connectivity index (χ1v) is 13.9. The summed E-state index contributed by atoms with van der Waals surface area (Å²) in [5.41, 5.74) is 0.622. The number of likely N-dealkylation sites (tertiary alicyclic amines) is 1. The third kappa shape index (κ3) is 5.13. The van der Waals surface area contributed by atoms with E-state index in [2.05, 4.69) is 26.7 Å². The summed E-state index contributed by atoms with van der Waals surface area (Å²) >= 11 is 12.8. The molecule has 2 aliphatic heterocycles. The zero-order chi connectivity index (χ0) is 29.5. The predicted molar refractivity (Wildman–Crippen MR) is 154 cm³/mol. The maximum Gasteiger partial charge on any atom is 0.319 e. The molecule has 0 radical (unpaired) electrons. The average molecular weight is 615 g/mol. The zero-order valence-corrected chi connectivity index (χ0v) is 24.0. The van der Waals surface area contributed by atoms with Crippen molar-refractivity contribution >= 4 is 62.6 Å². The summed E-state index contributed by atoms with van der Waals surface area (Å²) in [5.74, 6) is -0.387. The Labute approximate surface area is 249 Å². The molecule has 0 aliphatic carbocycles. The van der Waals surface area contributed by atoms with Crippen molar-refractivity contribution in [3.05, 3.63) is 47.0 Å². The average Bonchev–Trinajstić information content (AvgIpc) is 3.59. The molecule has 6 rings (SSSR count). The number of aromatic nitrogens is 5. The minimum Gasteiger partial charge on any atom is -0.461 e. The first-order chi connectivity index (χ1) is 20.2. The number of hydrogen-bond acceptors (Lipinski definition) is 9. The number of aromatic amines is 1. The number of benzene rings is 1. The van der Waals surface area contributed by atoms with Gasteiger partial charge in [0, 0.05) is 45.7 Å². The van der Waals surface area contributed by atoms with Gasteiger partial charge in [-0.2, -0.15) is 20.1 Å². The summed E-state index contributed by atoms with van der Waals surface area (Å²) in [6, 6.07) is 2.72. The molecule has 2 aliphatic rings. The van der Waals surface area contributed by atoms with Gasteiger partial charge < -0.3 is 24.2 Å². The van der Waals surface area contributed by atoms with Gasteiger partial charge in [0.05, 0.1) is 28.5 Å². The van der Waals surface area contributed by atoms with Gasteiger partial charge in [0.25, 0.3) is 0 Å². The lowest BCUT2D eigenvalue weighted by Crippen LogP contribution is -2.48.